The number of aryl methyl sites for hydroxylation is 1. The topological polar surface area (TPSA) is 114 Å². The van der Waals surface area contributed by atoms with Crippen molar-refractivity contribution in [3.05, 3.63) is 62.2 Å². The summed E-state index contributed by atoms with van der Waals surface area (Å²) in [5, 5.41) is 24.7. The Morgan fingerprint density at radius 1 is 1.40 bits per heavy atom. The van der Waals surface area contributed by atoms with Gasteiger partial charge in [0.25, 0.3) is 5.91 Å². The molecule has 0 atom stereocenters. The van der Waals surface area contributed by atoms with E-state index in [1.807, 2.05) is 6.92 Å². The molecule has 0 bridgehead atoms. The highest BCUT2D eigenvalue weighted by molar-refractivity contribution is 6.33. The molecular formula is C16H14ClN3O5. The zero-order valence-corrected chi connectivity index (χ0v) is 14.1. The molecular weight excluding hydrogens is 350 g/mol. The van der Waals surface area contributed by atoms with Crippen LogP contribution in [0.4, 0.5) is 5.69 Å². The predicted octanol–water partition coefficient (Wildman–Crippen LogP) is 3.03. The Kier molecular flexibility index (Phi) is 5.56. The molecule has 0 spiro atoms. The second-order valence-electron chi connectivity index (χ2n) is 5.03. The number of nitro groups is 1. The number of nitrogens with zero attached hydrogens (tertiary/aromatic N) is 2. The number of halogens is 1. The molecule has 25 heavy (non-hydrogen) atoms. The molecule has 0 aliphatic heterocycles. The molecule has 0 radical (unpaired) electrons. The molecule has 0 saturated heterocycles. The number of aromatic hydroxyl groups is 1. The van der Waals surface area contributed by atoms with Crippen molar-refractivity contribution in [1.29, 1.82) is 0 Å². The second-order valence-corrected chi connectivity index (χ2v) is 5.44. The first-order valence-corrected chi connectivity index (χ1v) is 7.36. The fourth-order valence-electron chi connectivity index (χ4n) is 2.01. The summed E-state index contributed by atoms with van der Waals surface area (Å²) in [5.41, 5.74) is 3.17. The third kappa shape index (κ3) is 4.24. The van der Waals surface area contributed by atoms with Crippen LogP contribution in [0, 0.1) is 17.0 Å². The lowest BCUT2D eigenvalue weighted by molar-refractivity contribution is -0.386. The van der Waals surface area contributed by atoms with Gasteiger partial charge in [0, 0.05) is 11.6 Å². The van der Waals surface area contributed by atoms with Crippen LogP contribution in [0.25, 0.3) is 0 Å². The van der Waals surface area contributed by atoms with Crippen LogP contribution in [0.3, 0.4) is 0 Å². The second kappa shape index (κ2) is 7.63. The molecule has 1 amide bonds. The first-order valence-electron chi connectivity index (χ1n) is 6.98. The molecule has 0 aliphatic carbocycles. The number of hydrogen-bond acceptors (Lipinski definition) is 6. The van der Waals surface area contributed by atoms with Gasteiger partial charge in [0.05, 0.1) is 28.8 Å². The van der Waals surface area contributed by atoms with E-state index in [1.165, 1.54) is 19.4 Å². The van der Waals surface area contributed by atoms with Crippen molar-refractivity contribution in [2.75, 3.05) is 7.11 Å². The molecule has 0 fully saturated rings. The third-order valence-electron chi connectivity index (χ3n) is 3.24. The van der Waals surface area contributed by atoms with E-state index in [9.17, 15) is 20.0 Å². The molecule has 2 aromatic rings. The number of phenols is 1. The van der Waals surface area contributed by atoms with Gasteiger partial charge in [-0.2, -0.15) is 5.10 Å². The maximum Gasteiger partial charge on any atom is 0.315 e. The van der Waals surface area contributed by atoms with Crippen LogP contribution in [0.5, 0.6) is 11.5 Å². The summed E-state index contributed by atoms with van der Waals surface area (Å²) in [6.45, 7) is 1.84. The first-order chi connectivity index (χ1) is 11.8. The van der Waals surface area contributed by atoms with Crippen LogP contribution in [-0.2, 0) is 0 Å². The standard InChI is InChI=1S/C16H14ClN3O5/c1-9-3-4-11(12(17)5-9)16(22)19-18-8-10-6-13(20(23)24)15(21)14(7-10)25-2/h3-8,21H,1-2H3,(H,19,22)/b18-8+. The summed E-state index contributed by atoms with van der Waals surface area (Å²) < 4.78 is 4.88. The summed E-state index contributed by atoms with van der Waals surface area (Å²) in [6, 6.07) is 7.40. The number of hydrazone groups is 1. The number of methoxy groups -OCH3 is 1. The largest absolute Gasteiger partial charge is 0.500 e. The number of carbonyl (C=O) groups excluding carboxylic acids is 1. The maximum atomic E-state index is 12.0. The lowest BCUT2D eigenvalue weighted by Crippen LogP contribution is -2.18. The first kappa shape index (κ1) is 18.2. The number of amides is 1. The van der Waals surface area contributed by atoms with E-state index in [0.717, 1.165) is 11.6 Å². The molecule has 130 valence electrons. The highest BCUT2D eigenvalue weighted by Gasteiger charge is 2.19. The lowest BCUT2D eigenvalue weighted by Gasteiger charge is -2.05. The van der Waals surface area contributed by atoms with Gasteiger partial charge < -0.3 is 9.84 Å². The van der Waals surface area contributed by atoms with Gasteiger partial charge in [0.1, 0.15) is 0 Å². The molecule has 9 heteroatoms. The highest BCUT2D eigenvalue weighted by atomic mass is 35.5. The highest BCUT2D eigenvalue weighted by Crippen LogP contribution is 2.36. The average molecular weight is 364 g/mol. The maximum absolute atomic E-state index is 12.0. The Labute approximate surface area is 147 Å². The van der Waals surface area contributed by atoms with Crippen molar-refractivity contribution in [3.8, 4) is 11.5 Å². The molecule has 0 unspecified atom stereocenters. The van der Waals surface area contributed by atoms with E-state index in [-0.39, 0.29) is 21.9 Å². The number of hydrogen-bond donors (Lipinski definition) is 2. The number of carbonyl (C=O) groups is 1. The molecule has 2 rings (SSSR count). The van der Waals surface area contributed by atoms with E-state index in [1.54, 1.807) is 18.2 Å². The van der Waals surface area contributed by atoms with Crippen molar-refractivity contribution in [3.63, 3.8) is 0 Å². The molecule has 2 aromatic carbocycles. The monoisotopic (exact) mass is 363 g/mol. The normalized spacial score (nSPS) is 10.7. The van der Waals surface area contributed by atoms with Crippen LogP contribution < -0.4 is 10.2 Å². The van der Waals surface area contributed by atoms with Crippen molar-refractivity contribution in [2.45, 2.75) is 6.92 Å². The summed E-state index contributed by atoms with van der Waals surface area (Å²) in [7, 11) is 1.26. The van der Waals surface area contributed by atoms with Crippen LogP contribution in [0.15, 0.2) is 35.4 Å². The molecule has 8 nitrogen and oxygen atoms in total. The minimum Gasteiger partial charge on any atom is -0.500 e. The number of ether oxygens (including phenoxy) is 1. The smallest absolute Gasteiger partial charge is 0.315 e. The minimum absolute atomic E-state index is 0.0800. The number of phenolic OH excluding ortho intramolecular Hbond substituents is 1. The van der Waals surface area contributed by atoms with Crippen molar-refractivity contribution in [2.24, 2.45) is 5.10 Å². The molecule has 2 N–H and O–H groups in total. The number of nitrogens with one attached hydrogen (secondary N) is 1. The molecule has 0 aromatic heterocycles. The van der Waals surface area contributed by atoms with Gasteiger partial charge in [-0.15, -0.1) is 0 Å². The Hall–Kier alpha value is -3.13. The van der Waals surface area contributed by atoms with Gasteiger partial charge in [-0.05, 0) is 30.7 Å². The van der Waals surface area contributed by atoms with Crippen molar-refractivity contribution < 1.29 is 19.6 Å². The SMILES string of the molecule is COc1cc(/C=N/NC(=O)c2ccc(C)cc2Cl)cc([N+](=O)[O-])c1O. The quantitative estimate of drug-likeness (QED) is 0.481. The van der Waals surface area contributed by atoms with Crippen LogP contribution >= 0.6 is 11.6 Å². The van der Waals surface area contributed by atoms with Crippen molar-refractivity contribution in [1.82, 2.24) is 5.43 Å². The van der Waals surface area contributed by atoms with Crippen molar-refractivity contribution >= 4 is 29.4 Å². The number of nitro benzene ring substituents is 1. The van der Waals surface area contributed by atoms with Gasteiger partial charge in [0.15, 0.2) is 5.75 Å². The van der Waals surface area contributed by atoms with Crippen LogP contribution in [0.2, 0.25) is 5.02 Å². The zero-order valence-electron chi connectivity index (χ0n) is 13.3. The number of benzene rings is 2. The fourth-order valence-corrected chi connectivity index (χ4v) is 2.33. The van der Waals surface area contributed by atoms with E-state index in [0.29, 0.717) is 0 Å². The Bertz CT molecular complexity index is 867. The minimum atomic E-state index is -0.750. The predicted molar refractivity (Wildman–Crippen MR) is 92.6 cm³/mol. The average Bonchev–Trinajstić information content (AvgIpc) is 2.55. The number of rotatable bonds is 5. The lowest BCUT2D eigenvalue weighted by atomic mass is 10.1. The Balaban J connectivity index is 2.20. The Morgan fingerprint density at radius 3 is 2.72 bits per heavy atom. The van der Waals surface area contributed by atoms with Gasteiger partial charge in [-0.3, -0.25) is 14.9 Å². The molecule has 0 heterocycles. The molecule has 0 aliphatic rings. The fraction of sp³-hybridized carbons (Fsp3) is 0.125. The summed E-state index contributed by atoms with van der Waals surface area (Å²) in [6.07, 6.45) is 1.19. The zero-order chi connectivity index (χ0) is 18.6. The summed E-state index contributed by atoms with van der Waals surface area (Å²) >= 11 is 6.00. The van der Waals surface area contributed by atoms with Gasteiger partial charge in [-0.1, -0.05) is 17.7 Å². The van der Waals surface area contributed by atoms with Gasteiger partial charge >= 0.3 is 5.69 Å². The van der Waals surface area contributed by atoms with E-state index >= 15 is 0 Å². The van der Waals surface area contributed by atoms with E-state index in [2.05, 4.69) is 10.5 Å². The Morgan fingerprint density at radius 2 is 2.12 bits per heavy atom. The third-order valence-corrected chi connectivity index (χ3v) is 3.56. The van der Waals surface area contributed by atoms with E-state index < -0.39 is 22.3 Å². The van der Waals surface area contributed by atoms with E-state index in [4.69, 9.17) is 16.3 Å². The van der Waals surface area contributed by atoms with Crippen LogP contribution in [0.1, 0.15) is 21.5 Å². The molecule has 0 saturated carbocycles. The van der Waals surface area contributed by atoms with Gasteiger partial charge in [0.2, 0.25) is 5.75 Å². The van der Waals surface area contributed by atoms with Gasteiger partial charge in [-0.25, -0.2) is 5.43 Å². The van der Waals surface area contributed by atoms with Crippen LogP contribution in [-0.4, -0.2) is 29.3 Å². The summed E-state index contributed by atoms with van der Waals surface area (Å²) in [5.74, 6) is -1.19. The summed E-state index contributed by atoms with van der Waals surface area (Å²) in [4.78, 5) is 22.2.